The molecule has 10 nitrogen and oxygen atoms in total. The molecule has 0 aromatic heterocycles. The third kappa shape index (κ3) is 8.07. The molecule has 3 N–H and O–H groups in total. The van der Waals surface area contributed by atoms with Gasteiger partial charge >= 0.3 is 0 Å². The second-order valence-electron chi connectivity index (χ2n) is 18.4. The lowest BCUT2D eigenvalue weighted by atomic mass is 9.72. The minimum absolute atomic E-state index is 0.0206. The smallest absolute Gasteiger partial charge is 0.202 e. The second-order valence-corrected chi connectivity index (χ2v) is 18.4. The molecular weight excluding hydrogens is 686 g/mol. The van der Waals surface area contributed by atoms with Gasteiger partial charge in [0.15, 0.2) is 5.79 Å². The number of Topliss-reactive ketones (excluding diaryl/α,β-unsaturated/α-hetero) is 1. The average molecular weight is 762 g/mol. The van der Waals surface area contributed by atoms with Crippen LogP contribution in [0.25, 0.3) is 0 Å². The summed E-state index contributed by atoms with van der Waals surface area (Å²) in [4.78, 5) is 17.3. The first-order valence-electron chi connectivity index (χ1n) is 21.5. The largest absolute Gasteiger partial charge is 0.392 e. The zero-order valence-electron chi connectivity index (χ0n) is 35.5. The van der Waals surface area contributed by atoms with Gasteiger partial charge in [-0.3, -0.25) is 9.79 Å². The normalized spacial score (nSPS) is 46.0. The van der Waals surface area contributed by atoms with E-state index in [1.54, 1.807) is 13.0 Å². The van der Waals surface area contributed by atoms with Gasteiger partial charge in [-0.15, -0.1) is 0 Å². The predicted molar refractivity (Wildman–Crippen MR) is 210 cm³/mol. The summed E-state index contributed by atoms with van der Waals surface area (Å²) in [6.07, 6.45) is 8.09. The van der Waals surface area contributed by atoms with Crippen molar-refractivity contribution >= 4 is 11.5 Å². The molecule has 310 valence electrons. The lowest BCUT2D eigenvalue weighted by Gasteiger charge is -2.54. The molecule has 10 heteroatoms. The van der Waals surface area contributed by atoms with Crippen molar-refractivity contribution in [1.82, 2.24) is 0 Å². The van der Waals surface area contributed by atoms with Gasteiger partial charge in [0.25, 0.3) is 0 Å². The van der Waals surface area contributed by atoms with Crippen LogP contribution in [-0.4, -0.2) is 99.4 Å². The number of aliphatic hydroxyl groups is 3. The van der Waals surface area contributed by atoms with Crippen molar-refractivity contribution in [3.05, 3.63) is 12.2 Å². The molecule has 2 spiro atoms. The van der Waals surface area contributed by atoms with Crippen molar-refractivity contribution in [2.45, 2.75) is 206 Å². The van der Waals surface area contributed by atoms with Crippen LogP contribution in [0, 0.1) is 41.4 Å². The Labute approximate surface area is 326 Å². The first kappa shape index (κ1) is 43.9. The number of carbonyl (C=O) groups excluding carboxylic acids is 1. The summed E-state index contributed by atoms with van der Waals surface area (Å²) in [5, 5.41) is 34.6. The molecule has 5 rings (SSSR count). The van der Waals surface area contributed by atoms with E-state index in [1.165, 1.54) is 0 Å². The summed E-state index contributed by atoms with van der Waals surface area (Å²) in [6.45, 7) is 22.5. The highest BCUT2D eigenvalue weighted by Crippen LogP contribution is 2.54. The fraction of sp³-hybridized carbons (Fsp3) is 0.909. The van der Waals surface area contributed by atoms with Crippen molar-refractivity contribution < 1.29 is 43.8 Å². The minimum atomic E-state index is -1.30. The van der Waals surface area contributed by atoms with Crippen molar-refractivity contribution in [2.24, 2.45) is 46.4 Å². The van der Waals surface area contributed by atoms with Gasteiger partial charge in [-0.1, -0.05) is 55.4 Å². The van der Waals surface area contributed by atoms with Gasteiger partial charge in [0.05, 0.1) is 47.8 Å². The average Bonchev–Trinajstić information content (AvgIpc) is 3.48. The molecule has 0 aliphatic carbocycles. The molecule has 0 saturated carbocycles. The SMILES string of the molecule is CC[C@@H](C(=NC)[C@@H](C)[C@@H](O)[C@H](C)[C@@H]1O[C@@H]([C@@H](CC)C(C)=O)CC[C@@H]1C)[C@H]1O[C@]2(C=C[C@@H](O)[C@]3(CC[C@@](C)([C@H]4CC[C@](O)(CC)[C@H](C)O4)O3)O2)[C@H](C)C[C@@H]1C. The molecule has 54 heavy (non-hydrogen) atoms. The summed E-state index contributed by atoms with van der Waals surface area (Å²) in [5.41, 5.74) is -0.639. The molecule has 0 aromatic rings. The van der Waals surface area contributed by atoms with Crippen molar-refractivity contribution in [3.8, 4) is 0 Å². The van der Waals surface area contributed by atoms with E-state index in [4.69, 9.17) is 28.7 Å². The highest BCUT2D eigenvalue weighted by molar-refractivity contribution is 5.89. The number of nitrogens with zero attached hydrogens (tertiary/aromatic N) is 1. The molecule has 0 amide bonds. The number of hydrogen-bond donors (Lipinski definition) is 3. The third-order valence-electron chi connectivity index (χ3n) is 14.9. The minimum Gasteiger partial charge on any atom is -0.392 e. The van der Waals surface area contributed by atoms with Gasteiger partial charge in [0.1, 0.15) is 11.9 Å². The molecule has 0 unspecified atom stereocenters. The Balaban J connectivity index is 1.34. The number of aliphatic imine (C=N–C) groups is 1. The summed E-state index contributed by atoms with van der Waals surface area (Å²) in [6, 6.07) is 0. The number of aliphatic hydroxyl groups excluding tert-OH is 2. The number of rotatable bonds is 12. The van der Waals surface area contributed by atoms with E-state index >= 15 is 0 Å². The number of hydrogen-bond acceptors (Lipinski definition) is 10. The van der Waals surface area contributed by atoms with Crippen molar-refractivity contribution in [1.29, 1.82) is 0 Å². The van der Waals surface area contributed by atoms with E-state index in [2.05, 4.69) is 41.5 Å². The van der Waals surface area contributed by atoms with E-state index in [0.717, 1.165) is 37.8 Å². The maximum absolute atomic E-state index is 12.4. The van der Waals surface area contributed by atoms with Gasteiger partial charge in [-0.2, -0.15) is 0 Å². The molecule has 0 radical (unpaired) electrons. The predicted octanol–water partition coefficient (Wildman–Crippen LogP) is 7.19. The van der Waals surface area contributed by atoms with Crippen LogP contribution in [0.4, 0.5) is 0 Å². The molecule has 5 aliphatic rings. The van der Waals surface area contributed by atoms with Crippen LogP contribution >= 0.6 is 0 Å². The maximum atomic E-state index is 12.4. The zero-order chi connectivity index (χ0) is 40.0. The summed E-state index contributed by atoms with van der Waals surface area (Å²) >= 11 is 0. The Morgan fingerprint density at radius 2 is 1.61 bits per heavy atom. The van der Waals surface area contributed by atoms with E-state index in [0.29, 0.717) is 32.1 Å². The Kier molecular flexibility index (Phi) is 13.8. The van der Waals surface area contributed by atoms with Crippen LogP contribution in [0.2, 0.25) is 0 Å². The van der Waals surface area contributed by atoms with E-state index in [-0.39, 0.29) is 77.7 Å². The van der Waals surface area contributed by atoms with Gasteiger partial charge in [0, 0.05) is 48.8 Å². The Morgan fingerprint density at radius 1 is 0.926 bits per heavy atom. The lowest BCUT2D eigenvalue weighted by molar-refractivity contribution is -0.408. The van der Waals surface area contributed by atoms with Crippen LogP contribution in [0.5, 0.6) is 0 Å². The maximum Gasteiger partial charge on any atom is 0.202 e. The van der Waals surface area contributed by atoms with Gasteiger partial charge in [-0.25, -0.2) is 0 Å². The Hall–Kier alpha value is -1.24. The highest BCUT2D eigenvalue weighted by atomic mass is 16.8. The van der Waals surface area contributed by atoms with E-state index < -0.39 is 35.0 Å². The topological polar surface area (TPSA) is 136 Å². The van der Waals surface area contributed by atoms with Crippen LogP contribution in [0.1, 0.15) is 140 Å². The summed E-state index contributed by atoms with van der Waals surface area (Å²) < 4.78 is 34.2. The lowest BCUT2D eigenvalue weighted by Crippen LogP contribution is -2.63. The highest BCUT2D eigenvalue weighted by Gasteiger charge is 2.63. The van der Waals surface area contributed by atoms with Gasteiger partial charge in [-0.05, 0) is 103 Å². The van der Waals surface area contributed by atoms with Crippen LogP contribution < -0.4 is 0 Å². The molecule has 18 atom stereocenters. The number of carbonyl (C=O) groups is 1. The van der Waals surface area contributed by atoms with Crippen molar-refractivity contribution in [2.75, 3.05) is 7.05 Å². The van der Waals surface area contributed by atoms with Gasteiger partial charge < -0.3 is 39.0 Å². The fourth-order valence-electron chi connectivity index (χ4n) is 11.1. The molecule has 4 saturated heterocycles. The molecule has 0 aromatic carbocycles. The molecule has 4 fully saturated rings. The first-order chi connectivity index (χ1) is 25.3. The van der Waals surface area contributed by atoms with Crippen molar-refractivity contribution in [3.63, 3.8) is 0 Å². The zero-order valence-corrected chi connectivity index (χ0v) is 35.5. The van der Waals surface area contributed by atoms with Gasteiger partial charge in [0.2, 0.25) is 5.79 Å². The number of ketones is 1. The van der Waals surface area contributed by atoms with E-state index in [9.17, 15) is 20.1 Å². The second kappa shape index (κ2) is 16.9. The Morgan fingerprint density at radius 3 is 2.20 bits per heavy atom. The van der Waals surface area contributed by atoms with Crippen LogP contribution in [0.3, 0.4) is 0 Å². The standard InChI is InChI=1S/C44H75NO9/c1-13-32(30(9)46)34-17-16-25(4)39(51-34)29(8)38(48)28(7)37(45-12)33(14-2)40-26(5)24-27(6)43(52-40)21-18-35(47)44(54-43)23-22-41(11,53-44)36-19-20-42(49,15-3)31(10)50-36/h18,21,25-29,31-36,38-40,47-49H,13-17,19-20,22-24H2,1-12H3/t25-,26-,27+,28+,29-,31-,32-,33-,34+,35+,36+,38+,39+,40-,41-,42+,43-,44-/m0/s1. The van der Waals surface area contributed by atoms with Crippen LogP contribution in [0.15, 0.2) is 17.1 Å². The third-order valence-corrected chi connectivity index (χ3v) is 14.9. The summed E-state index contributed by atoms with van der Waals surface area (Å²) in [7, 11) is 1.82. The molecular formula is C44H75NO9. The first-order valence-corrected chi connectivity index (χ1v) is 21.5. The Bertz CT molecular complexity index is 1360. The number of ether oxygens (including phenoxy) is 5. The van der Waals surface area contributed by atoms with Crippen LogP contribution in [-0.2, 0) is 28.5 Å². The monoisotopic (exact) mass is 762 g/mol. The molecule has 0 bridgehead atoms. The molecule has 5 heterocycles. The van der Waals surface area contributed by atoms with E-state index in [1.807, 2.05) is 40.8 Å². The summed E-state index contributed by atoms with van der Waals surface area (Å²) in [5.74, 6) is -2.47. The quantitative estimate of drug-likeness (QED) is 0.139. The molecule has 5 aliphatic heterocycles. The fourth-order valence-corrected chi connectivity index (χ4v) is 11.1.